The first-order chi connectivity index (χ1) is 7.74. The molecule has 0 spiro atoms. The summed E-state index contributed by atoms with van der Waals surface area (Å²) in [5, 5.41) is 9.76. The average Bonchev–Trinajstić information content (AvgIpc) is 2.71. The molecule has 0 amide bonds. The van der Waals surface area contributed by atoms with Gasteiger partial charge in [0.1, 0.15) is 5.58 Å². The number of aliphatic hydroxyl groups is 1. The van der Waals surface area contributed by atoms with Gasteiger partial charge < -0.3 is 14.3 Å². The lowest BCUT2D eigenvalue weighted by Crippen LogP contribution is -2.02. The molecule has 0 saturated heterocycles. The minimum absolute atomic E-state index is 0.0319. The van der Waals surface area contributed by atoms with E-state index in [2.05, 4.69) is 0 Å². The van der Waals surface area contributed by atoms with E-state index in [9.17, 15) is 4.79 Å². The zero-order chi connectivity index (χ0) is 11.5. The number of rotatable bonds is 3. The highest BCUT2D eigenvalue weighted by molar-refractivity contribution is 5.92. The van der Waals surface area contributed by atoms with Gasteiger partial charge in [-0.05, 0) is 30.7 Å². The number of ether oxygens (including phenoxy) is 1. The Morgan fingerprint density at radius 3 is 2.94 bits per heavy atom. The second-order valence-electron chi connectivity index (χ2n) is 3.36. The van der Waals surface area contributed by atoms with Gasteiger partial charge in [0, 0.05) is 5.39 Å². The van der Waals surface area contributed by atoms with Crippen LogP contribution in [0, 0.1) is 0 Å². The highest BCUT2D eigenvalue weighted by Crippen LogP contribution is 2.21. The van der Waals surface area contributed by atoms with Gasteiger partial charge in [0.25, 0.3) is 0 Å². The Morgan fingerprint density at radius 1 is 1.44 bits per heavy atom. The van der Waals surface area contributed by atoms with Crippen LogP contribution in [-0.2, 0) is 11.3 Å². The standard InChI is InChI=1S/C12H12O4/c1-2-15-12(14)11-6-9-5-8(7-13)3-4-10(9)16-11/h3-6,13H,2,7H2,1H3. The Hall–Kier alpha value is -1.81. The Kier molecular flexibility index (Phi) is 2.92. The first-order valence-corrected chi connectivity index (χ1v) is 5.05. The summed E-state index contributed by atoms with van der Waals surface area (Å²) in [5.74, 6) is -0.281. The minimum Gasteiger partial charge on any atom is -0.460 e. The van der Waals surface area contributed by atoms with Crippen LogP contribution in [0.4, 0.5) is 0 Å². The third kappa shape index (κ3) is 1.92. The molecule has 16 heavy (non-hydrogen) atoms. The average molecular weight is 220 g/mol. The molecule has 0 aliphatic rings. The summed E-state index contributed by atoms with van der Waals surface area (Å²) in [4.78, 5) is 11.4. The lowest BCUT2D eigenvalue weighted by molar-refractivity contribution is 0.0492. The van der Waals surface area contributed by atoms with E-state index in [0.29, 0.717) is 12.2 Å². The zero-order valence-electron chi connectivity index (χ0n) is 8.90. The highest BCUT2D eigenvalue weighted by Gasteiger charge is 2.12. The van der Waals surface area contributed by atoms with E-state index >= 15 is 0 Å². The maximum atomic E-state index is 11.4. The summed E-state index contributed by atoms with van der Waals surface area (Å²) in [6, 6.07) is 6.87. The van der Waals surface area contributed by atoms with E-state index in [1.54, 1.807) is 31.2 Å². The molecule has 1 aromatic heterocycles. The second-order valence-corrected chi connectivity index (χ2v) is 3.36. The fourth-order valence-corrected chi connectivity index (χ4v) is 1.49. The first kappa shape index (κ1) is 10.7. The van der Waals surface area contributed by atoms with Crippen LogP contribution in [0.25, 0.3) is 11.0 Å². The molecule has 0 unspecified atom stereocenters. The summed E-state index contributed by atoms with van der Waals surface area (Å²) < 4.78 is 10.2. The van der Waals surface area contributed by atoms with Gasteiger partial charge in [-0.25, -0.2) is 4.79 Å². The molecule has 4 nitrogen and oxygen atoms in total. The molecule has 0 bridgehead atoms. The topological polar surface area (TPSA) is 59.7 Å². The zero-order valence-corrected chi connectivity index (χ0v) is 8.90. The van der Waals surface area contributed by atoms with Crippen molar-refractivity contribution in [2.75, 3.05) is 6.61 Å². The van der Waals surface area contributed by atoms with Crippen LogP contribution in [0.3, 0.4) is 0 Å². The molecule has 2 aromatic rings. The van der Waals surface area contributed by atoms with Gasteiger partial charge in [-0.1, -0.05) is 6.07 Å². The third-order valence-electron chi connectivity index (χ3n) is 2.24. The van der Waals surface area contributed by atoms with E-state index < -0.39 is 5.97 Å². The van der Waals surface area contributed by atoms with Gasteiger partial charge in [-0.15, -0.1) is 0 Å². The molecule has 0 aliphatic carbocycles. The number of aliphatic hydroxyl groups excluding tert-OH is 1. The van der Waals surface area contributed by atoms with Crippen molar-refractivity contribution in [1.29, 1.82) is 0 Å². The summed E-state index contributed by atoms with van der Waals surface area (Å²) >= 11 is 0. The number of hydrogen-bond donors (Lipinski definition) is 1. The van der Waals surface area contributed by atoms with Crippen LogP contribution < -0.4 is 0 Å². The van der Waals surface area contributed by atoms with Crippen LogP contribution in [0.5, 0.6) is 0 Å². The maximum absolute atomic E-state index is 11.4. The third-order valence-corrected chi connectivity index (χ3v) is 2.24. The number of benzene rings is 1. The van der Waals surface area contributed by atoms with Crippen molar-refractivity contribution >= 4 is 16.9 Å². The van der Waals surface area contributed by atoms with Gasteiger partial charge >= 0.3 is 5.97 Å². The van der Waals surface area contributed by atoms with Crippen LogP contribution >= 0.6 is 0 Å². The summed E-state index contributed by atoms with van der Waals surface area (Å²) in [6.07, 6.45) is 0. The van der Waals surface area contributed by atoms with Crippen LogP contribution in [0.2, 0.25) is 0 Å². The van der Waals surface area contributed by atoms with E-state index in [4.69, 9.17) is 14.3 Å². The Labute approximate surface area is 92.4 Å². The van der Waals surface area contributed by atoms with Crippen LogP contribution in [0.1, 0.15) is 23.0 Å². The number of carbonyl (C=O) groups is 1. The summed E-state index contributed by atoms with van der Waals surface area (Å²) in [7, 11) is 0. The predicted octanol–water partition coefficient (Wildman–Crippen LogP) is 2.10. The molecule has 0 radical (unpaired) electrons. The molecule has 2 rings (SSSR count). The molecule has 0 atom stereocenters. The van der Waals surface area contributed by atoms with E-state index in [-0.39, 0.29) is 12.4 Å². The van der Waals surface area contributed by atoms with Crippen molar-refractivity contribution in [3.8, 4) is 0 Å². The highest BCUT2D eigenvalue weighted by atomic mass is 16.5. The number of esters is 1. The van der Waals surface area contributed by atoms with Crippen LogP contribution in [-0.4, -0.2) is 17.7 Å². The van der Waals surface area contributed by atoms with Crippen molar-refractivity contribution in [3.63, 3.8) is 0 Å². The Balaban J connectivity index is 2.39. The van der Waals surface area contributed by atoms with Gasteiger partial charge in [-0.3, -0.25) is 0 Å². The molecule has 1 heterocycles. The number of carbonyl (C=O) groups excluding carboxylic acids is 1. The maximum Gasteiger partial charge on any atom is 0.374 e. The van der Waals surface area contributed by atoms with Gasteiger partial charge in [0.2, 0.25) is 5.76 Å². The number of fused-ring (bicyclic) bond motifs is 1. The predicted molar refractivity (Wildman–Crippen MR) is 58.1 cm³/mol. The summed E-state index contributed by atoms with van der Waals surface area (Å²) in [6.45, 7) is 2.03. The van der Waals surface area contributed by atoms with Crippen LogP contribution in [0.15, 0.2) is 28.7 Å². The van der Waals surface area contributed by atoms with Crippen molar-refractivity contribution in [1.82, 2.24) is 0 Å². The SMILES string of the molecule is CCOC(=O)c1cc2cc(CO)ccc2o1. The van der Waals surface area contributed by atoms with Crippen molar-refractivity contribution in [2.45, 2.75) is 13.5 Å². The Bertz CT molecular complexity index is 513. The lowest BCUT2D eigenvalue weighted by Gasteiger charge is -1.95. The van der Waals surface area contributed by atoms with E-state index in [0.717, 1.165) is 10.9 Å². The monoisotopic (exact) mass is 220 g/mol. The van der Waals surface area contributed by atoms with E-state index in [1.165, 1.54) is 0 Å². The molecule has 84 valence electrons. The fourth-order valence-electron chi connectivity index (χ4n) is 1.49. The van der Waals surface area contributed by atoms with Crippen molar-refractivity contribution in [3.05, 3.63) is 35.6 Å². The van der Waals surface area contributed by atoms with E-state index in [1.807, 2.05) is 0 Å². The summed E-state index contributed by atoms with van der Waals surface area (Å²) in [5.41, 5.74) is 1.39. The minimum atomic E-state index is -0.468. The Morgan fingerprint density at radius 2 is 2.25 bits per heavy atom. The molecule has 0 aliphatic heterocycles. The normalized spacial score (nSPS) is 10.6. The quantitative estimate of drug-likeness (QED) is 0.805. The molecule has 0 saturated carbocycles. The second kappa shape index (κ2) is 4.37. The van der Waals surface area contributed by atoms with Crippen molar-refractivity contribution < 1.29 is 19.1 Å². The fraction of sp³-hybridized carbons (Fsp3) is 0.250. The molecular formula is C12H12O4. The molecule has 4 heteroatoms. The van der Waals surface area contributed by atoms with Gasteiger partial charge in [0.05, 0.1) is 13.2 Å². The first-order valence-electron chi connectivity index (χ1n) is 5.05. The van der Waals surface area contributed by atoms with Gasteiger partial charge in [0.15, 0.2) is 0 Å². The largest absolute Gasteiger partial charge is 0.460 e. The molecule has 1 N–H and O–H groups in total. The molecule has 1 aromatic carbocycles. The van der Waals surface area contributed by atoms with Crippen molar-refractivity contribution in [2.24, 2.45) is 0 Å². The van der Waals surface area contributed by atoms with Gasteiger partial charge in [-0.2, -0.15) is 0 Å². The molecule has 0 fully saturated rings. The number of hydrogen-bond acceptors (Lipinski definition) is 4. The smallest absolute Gasteiger partial charge is 0.374 e. The number of furan rings is 1. The lowest BCUT2D eigenvalue weighted by atomic mass is 10.2. The molecular weight excluding hydrogens is 208 g/mol.